The monoisotopic (exact) mass is 352 g/mol. The topological polar surface area (TPSA) is 76.7 Å². The Balaban J connectivity index is 1.69. The second kappa shape index (κ2) is 6.36. The lowest BCUT2D eigenvalue weighted by atomic mass is 10.2. The maximum absolute atomic E-state index is 12.1. The molecule has 8 heteroatoms. The number of ether oxygens (including phenoxy) is 2. The number of nitrogens with one attached hydrogen (secondary N) is 2. The van der Waals surface area contributed by atoms with Gasteiger partial charge in [0.15, 0.2) is 11.5 Å². The van der Waals surface area contributed by atoms with Gasteiger partial charge in [0.05, 0.1) is 15.6 Å². The predicted octanol–water partition coefficient (Wildman–Crippen LogP) is 3.68. The number of benzene rings is 2. The SMILES string of the molecule is O=C(NC(=O)c1c(Cl)cccc1Cl)Nc1ccc2c(c1)OCO2. The first kappa shape index (κ1) is 15.5. The molecule has 2 N–H and O–H groups in total. The Morgan fingerprint density at radius 3 is 2.43 bits per heavy atom. The summed E-state index contributed by atoms with van der Waals surface area (Å²) in [6.07, 6.45) is 0. The molecule has 6 nitrogen and oxygen atoms in total. The third kappa shape index (κ3) is 3.33. The number of urea groups is 1. The molecular weight excluding hydrogens is 343 g/mol. The van der Waals surface area contributed by atoms with E-state index in [4.69, 9.17) is 32.7 Å². The van der Waals surface area contributed by atoms with Crippen molar-refractivity contribution >= 4 is 40.8 Å². The molecular formula is C15H10Cl2N2O4. The van der Waals surface area contributed by atoms with Crippen molar-refractivity contribution in [2.24, 2.45) is 0 Å². The summed E-state index contributed by atoms with van der Waals surface area (Å²) in [5.74, 6) is 0.414. The van der Waals surface area contributed by atoms with Gasteiger partial charge in [0, 0.05) is 11.8 Å². The van der Waals surface area contributed by atoms with Crippen LogP contribution in [0.5, 0.6) is 11.5 Å². The Hall–Kier alpha value is -2.44. The molecule has 0 spiro atoms. The Morgan fingerprint density at radius 1 is 1.00 bits per heavy atom. The van der Waals surface area contributed by atoms with Crippen LogP contribution in [0.2, 0.25) is 10.0 Å². The average molecular weight is 353 g/mol. The molecule has 0 aliphatic carbocycles. The fourth-order valence-electron chi connectivity index (χ4n) is 2.02. The van der Waals surface area contributed by atoms with E-state index in [9.17, 15) is 9.59 Å². The fraction of sp³-hybridized carbons (Fsp3) is 0.0667. The molecule has 0 atom stereocenters. The highest BCUT2D eigenvalue weighted by Gasteiger charge is 2.18. The first-order valence-corrected chi connectivity index (χ1v) is 7.26. The van der Waals surface area contributed by atoms with Crippen molar-refractivity contribution in [2.45, 2.75) is 0 Å². The van der Waals surface area contributed by atoms with Gasteiger partial charge in [-0.2, -0.15) is 0 Å². The van der Waals surface area contributed by atoms with E-state index in [1.54, 1.807) is 24.3 Å². The van der Waals surface area contributed by atoms with E-state index >= 15 is 0 Å². The van der Waals surface area contributed by atoms with Crippen LogP contribution in [0.1, 0.15) is 10.4 Å². The highest BCUT2D eigenvalue weighted by Crippen LogP contribution is 2.34. The van der Waals surface area contributed by atoms with E-state index in [-0.39, 0.29) is 22.4 Å². The summed E-state index contributed by atoms with van der Waals surface area (Å²) in [5.41, 5.74) is 0.487. The molecule has 0 bridgehead atoms. The molecule has 2 aromatic rings. The molecule has 1 aliphatic heterocycles. The van der Waals surface area contributed by atoms with Crippen molar-refractivity contribution in [2.75, 3.05) is 12.1 Å². The van der Waals surface area contributed by atoms with E-state index in [2.05, 4.69) is 10.6 Å². The van der Waals surface area contributed by atoms with E-state index in [0.29, 0.717) is 17.2 Å². The molecule has 2 aromatic carbocycles. The number of amides is 3. The van der Waals surface area contributed by atoms with E-state index in [1.165, 1.54) is 12.1 Å². The molecule has 1 heterocycles. The van der Waals surface area contributed by atoms with Crippen molar-refractivity contribution in [3.05, 3.63) is 52.0 Å². The van der Waals surface area contributed by atoms with Crippen molar-refractivity contribution in [1.82, 2.24) is 5.32 Å². The Kier molecular flexibility index (Phi) is 4.27. The first-order valence-electron chi connectivity index (χ1n) is 6.50. The Labute approximate surface area is 141 Å². The van der Waals surface area contributed by atoms with Crippen LogP contribution in [0.3, 0.4) is 0 Å². The third-order valence-electron chi connectivity index (χ3n) is 3.05. The summed E-state index contributed by atoms with van der Waals surface area (Å²) in [6.45, 7) is 0.133. The highest BCUT2D eigenvalue weighted by molar-refractivity contribution is 6.40. The number of carbonyl (C=O) groups excluding carboxylic acids is 2. The van der Waals surface area contributed by atoms with Gasteiger partial charge in [0.25, 0.3) is 5.91 Å². The van der Waals surface area contributed by atoms with Crippen LogP contribution >= 0.6 is 23.2 Å². The zero-order valence-electron chi connectivity index (χ0n) is 11.6. The van der Waals surface area contributed by atoms with E-state index < -0.39 is 11.9 Å². The molecule has 23 heavy (non-hydrogen) atoms. The maximum atomic E-state index is 12.1. The molecule has 3 amide bonds. The van der Waals surface area contributed by atoms with Crippen LogP contribution in [0.25, 0.3) is 0 Å². The number of fused-ring (bicyclic) bond motifs is 1. The number of rotatable bonds is 2. The Morgan fingerprint density at radius 2 is 1.70 bits per heavy atom. The summed E-state index contributed by atoms with van der Waals surface area (Å²) in [6, 6.07) is 8.79. The summed E-state index contributed by atoms with van der Waals surface area (Å²) in [4.78, 5) is 24.0. The van der Waals surface area contributed by atoms with E-state index in [1.807, 2.05) is 0 Å². The van der Waals surface area contributed by atoms with E-state index in [0.717, 1.165) is 0 Å². The minimum atomic E-state index is -0.718. The van der Waals surface area contributed by atoms with Gasteiger partial charge in [0.1, 0.15) is 0 Å². The molecule has 0 saturated heterocycles. The number of carbonyl (C=O) groups is 2. The van der Waals surface area contributed by atoms with Crippen molar-refractivity contribution < 1.29 is 19.1 Å². The lowest BCUT2D eigenvalue weighted by Gasteiger charge is -2.09. The summed E-state index contributed by atoms with van der Waals surface area (Å²) < 4.78 is 10.4. The third-order valence-corrected chi connectivity index (χ3v) is 3.68. The molecule has 0 fully saturated rings. The van der Waals surface area contributed by atoms with Crippen molar-refractivity contribution in [3.8, 4) is 11.5 Å². The van der Waals surface area contributed by atoms with Gasteiger partial charge >= 0.3 is 6.03 Å². The first-order chi connectivity index (χ1) is 11.0. The van der Waals surface area contributed by atoms with Crippen LogP contribution in [-0.4, -0.2) is 18.7 Å². The normalized spacial score (nSPS) is 11.9. The smallest absolute Gasteiger partial charge is 0.326 e. The number of anilines is 1. The van der Waals surface area contributed by atoms with Crippen LogP contribution in [0.4, 0.5) is 10.5 Å². The molecule has 1 aliphatic rings. The lowest BCUT2D eigenvalue weighted by Crippen LogP contribution is -2.34. The van der Waals surface area contributed by atoms with Gasteiger partial charge in [-0.1, -0.05) is 29.3 Å². The average Bonchev–Trinajstić information content (AvgIpc) is 2.94. The minimum absolute atomic E-state index is 0.0386. The quantitative estimate of drug-likeness (QED) is 0.864. The second-order valence-electron chi connectivity index (χ2n) is 4.57. The van der Waals surface area contributed by atoms with Crippen LogP contribution in [-0.2, 0) is 0 Å². The number of hydrogen-bond acceptors (Lipinski definition) is 4. The Bertz CT molecular complexity index is 775. The number of imide groups is 1. The molecule has 0 aromatic heterocycles. The molecule has 0 radical (unpaired) electrons. The largest absolute Gasteiger partial charge is 0.454 e. The summed E-state index contributed by atoms with van der Waals surface area (Å²) in [5, 5.41) is 5.00. The van der Waals surface area contributed by atoms with Gasteiger partial charge in [-0.25, -0.2) is 4.79 Å². The lowest BCUT2D eigenvalue weighted by molar-refractivity contribution is 0.0967. The van der Waals surface area contributed by atoms with Crippen LogP contribution < -0.4 is 20.1 Å². The number of hydrogen-bond donors (Lipinski definition) is 2. The highest BCUT2D eigenvalue weighted by atomic mass is 35.5. The maximum Gasteiger partial charge on any atom is 0.326 e. The van der Waals surface area contributed by atoms with Crippen molar-refractivity contribution in [1.29, 1.82) is 0 Å². The van der Waals surface area contributed by atoms with Gasteiger partial charge in [-0.3, -0.25) is 10.1 Å². The fourth-order valence-corrected chi connectivity index (χ4v) is 2.59. The predicted molar refractivity (Wildman–Crippen MR) is 85.5 cm³/mol. The van der Waals surface area contributed by atoms with Crippen molar-refractivity contribution in [3.63, 3.8) is 0 Å². The summed E-state index contributed by atoms with van der Waals surface area (Å²) in [7, 11) is 0. The standard InChI is InChI=1S/C15H10Cl2N2O4/c16-9-2-1-3-10(17)13(9)14(20)19-15(21)18-8-4-5-11-12(6-8)23-7-22-11/h1-6H,7H2,(H2,18,19,20,21). The van der Waals surface area contributed by atoms with Gasteiger partial charge < -0.3 is 14.8 Å². The zero-order valence-corrected chi connectivity index (χ0v) is 13.1. The second-order valence-corrected chi connectivity index (χ2v) is 5.39. The molecule has 118 valence electrons. The summed E-state index contributed by atoms with van der Waals surface area (Å²) >= 11 is 11.8. The number of halogens is 2. The molecule has 0 unspecified atom stereocenters. The van der Waals surface area contributed by atoms with Crippen LogP contribution in [0.15, 0.2) is 36.4 Å². The van der Waals surface area contributed by atoms with Gasteiger partial charge in [-0.15, -0.1) is 0 Å². The van der Waals surface area contributed by atoms with Gasteiger partial charge in [0.2, 0.25) is 6.79 Å². The van der Waals surface area contributed by atoms with Gasteiger partial charge in [-0.05, 0) is 24.3 Å². The molecule has 0 saturated carbocycles. The minimum Gasteiger partial charge on any atom is -0.454 e. The molecule has 3 rings (SSSR count). The van der Waals surface area contributed by atoms with Crippen LogP contribution in [0, 0.1) is 0 Å². The zero-order chi connectivity index (χ0) is 16.4.